The molecule has 0 radical (unpaired) electrons. The topological polar surface area (TPSA) is 139 Å². The van der Waals surface area contributed by atoms with Crippen LogP contribution in [0.4, 0.5) is 5.69 Å². The Morgan fingerprint density at radius 3 is 2.64 bits per heavy atom. The summed E-state index contributed by atoms with van der Waals surface area (Å²) in [4.78, 5) is 19.6. The summed E-state index contributed by atoms with van der Waals surface area (Å²) in [5, 5.41) is 8.56. The van der Waals surface area contributed by atoms with Crippen molar-refractivity contribution in [1.82, 2.24) is 20.2 Å². The molecule has 2 aromatic heterocycles. The third-order valence-corrected chi connectivity index (χ3v) is 3.71. The molecule has 0 bridgehead atoms. The van der Waals surface area contributed by atoms with Gasteiger partial charge < -0.3 is 20.9 Å². The van der Waals surface area contributed by atoms with Gasteiger partial charge in [-0.25, -0.2) is 4.98 Å². The molecule has 0 aliphatic rings. The van der Waals surface area contributed by atoms with Crippen LogP contribution >= 0.6 is 0 Å². The third-order valence-electron chi connectivity index (χ3n) is 3.71. The highest BCUT2D eigenvalue weighted by Crippen LogP contribution is 2.27. The molecule has 1 aromatic carbocycles. The van der Waals surface area contributed by atoms with Crippen LogP contribution in [0.1, 0.15) is 21.6 Å². The van der Waals surface area contributed by atoms with E-state index in [1.165, 1.54) is 14.2 Å². The summed E-state index contributed by atoms with van der Waals surface area (Å²) in [6.45, 7) is 0. The molecule has 0 saturated carbocycles. The van der Waals surface area contributed by atoms with Gasteiger partial charge in [0, 0.05) is 23.6 Å². The summed E-state index contributed by atoms with van der Waals surface area (Å²) in [6.07, 6.45) is 2.06. The molecule has 0 fully saturated rings. The van der Waals surface area contributed by atoms with Crippen LogP contribution in [0.2, 0.25) is 0 Å². The monoisotopic (exact) mass is 340 g/mol. The largest absolute Gasteiger partial charge is 0.481 e. The number of hydrogen-bond acceptors (Lipinski definition) is 8. The van der Waals surface area contributed by atoms with Crippen molar-refractivity contribution in [2.75, 3.05) is 20.0 Å². The van der Waals surface area contributed by atoms with E-state index in [-0.39, 0.29) is 17.4 Å². The average Bonchev–Trinajstić information content (AvgIpc) is 2.62. The van der Waals surface area contributed by atoms with Gasteiger partial charge in [-0.05, 0) is 5.56 Å². The quantitative estimate of drug-likeness (QED) is 0.692. The number of carbonyl (C=O) groups is 1. The van der Waals surface area contributed by atoms with E-state index in [9.17, 15) is 4.79 Å². The van der Waals surface area contributed by atoms with E-state index in [4.69, 9.17) is 20.9 Å². The number of aromatic nitrogens is 4. The minimum absolute atomic E-state index is 0.0463. The van der Waals surface area contributed by atoms with Gasteiger partial charge in [-0.1, -0.05) is 18.2 Å². The molecule has 2 heterocycles. The third kappa shape index (κ3) is 2.99. The lowest BCUT2D eigenvalue weighted by Gasteiger charge is -2.11. The van der Waals surface area contributed by atoms with Crippen molar-refractivity contribution in [2.24, 2.45) is 5.73 Å². The highest BCUT2D eigenvalue weighted by atomic mass is 16.5. The second kappa shape index (κ2) is 6.56. The minimum Gasteiger partial charge on any atom is -0.481 e. The number of nitrogen functional groups attached to an aromatic ring is 1. The van der Waals surface area contributed by atoms with E-state index in [2.05, 4.69) is 20.2 Å². The maximum absolute atomic E-state index is 11.4. The van der Waals surface area contributed by atoms with Crippen molar-refractivity contribution in [3.8, 4) is 11.9 Å². The van der Waals surface area contributed by atoms with Gasteiger partial charge in [0.1, 0.15) is 0 Å². The summed E-state index contributed by atoms with van der Waals surface area (Å²) < 4.78 is 10.3. The lowest BCUT2D eigenvalue weighted by Crippen LogP contribution is -2.17. The molecule has 0 aliphatic heterocycles. The molecular formula is C16H16N6O3. The van der Waals surface area contributed by atoms with Crippen molar-refractivity contribution < 1.29 is 14.3 Å². The predicted octanol–water partition coefficient (Wildman–Crippen LogP) is 0.709. The second-order valence-corrected chi connectivity index (χ2v) is 5.21. The number of fused-ring (bicyclic) bond motifs is 1. The van der Waals surface area contributed by atoms with Crippen molar-refractivity contribution in [3.05, 3.63) is 41.2 Å². The van der Waals surface area contributed by atoms with E-state index >= 15 is 0 Å². The number of nitrogens with two attached hydrogens (primary N) is 2. The van der Waals surface area contributed by atoms with Crippen molar-refractivity contribution in [2.45, 2.75) is 6.42 Å². The minimum atomic E-state index is -0.720. The Morgan fingerprint density at radius 2 is 1.96 bits per heavy atom. The van der Waals surface area contributed by atoms with Crippen LogP contribution in [0.25, 0.3) is 10.9 Å². The summed E-state index contributed by atoms with van der Waals surface area (Å²) in [7, 11) is 3.00. The van der Waals surface area contributed by atoms with Gasteiger partial charge in [0.15, 0.2) is 5.69 Å². The Bertz CT molecular complexity index is 960. The van der Waals surface area contributed by atoms with Gasteiger partial charge >= 0.3 is 6.01 Å². The van der Waals surface area contributed by atoms with Gasteiger partial charge in [0.2, 0.25) is 5.88 Å². The lowest BCUT2D eigenvalue weighted by molar-refractivity contribution is 0.0996. The van der Waals surface area contributed by atoms with Crippen LogP contribution in [-0.4, -0.2) is 40.3 Å². The SMILES string of the molecule is COc1ncc(Cc2cccc3c(N)c(C(N)=O)nnc23)c(OC)n1. The summed E-state index contributed by atoms with van der Waals surface area (Å²) in [6, 6.07) is 5.67. The van der Waals surface area contributed by atoms with Gasteiger partial charge in [-0.2, -0.15) is 4.98 Å². The average molecular weight is 340 g/mol. The first-order valence-corrected chi connectivity index (χ1v) is 7.32. The maximum Gasteiger partial charge on any atom is 0.319 e. The van der Waals surface area contributed by atoms with Crippen LogP contribution in [0.3, 0.4) is 0 Å². The number of carbonyl (C=O) groups excluding carboxylic acids is 1. The van der Waals surface area contributed by atoms with Gasteiger partial charge in [-0.3, -0.25) is 4.79 Å². The zero-order valence-electron chi connectivity index (χ0n) is 13.7. The maximum atomic E-state index is 11.4. The van der Waals surface area contributed by atoms with Crippen LogP contribution in [0, 0.1) is 0 Å². The fourth-order valence-corrected chi connectivity index (χ4v) is 2.51. The molecule has 25 heavy (non-hydrogen) atoms. The first kappa shape index (κ1) is 16.4. The molecule has 4 N–H and O–H groups in total. The van der Waals surface area contributed by atoms with E-state index in [0.29, 0.717) is 23.2 Å². The fraction of sp³-hybridized carbons (Fsp3) is 0.188. The van der Waals surface area contributed by atoms with Crippen LogP contribution in [-0.2, 0) is 6.42 Å². The number of benzene rings is 1. The normalized spacial score (nSPS) is 10.6. The first-order chi connectivity index (χ1) is 12.0. The van der Waals surface area contributed by atoms with Crippen LogP contribution in [0.15, 0.2) is 24.4 Å². The molecule has 9 nitrogen and oxygen atoms in total. The Hall–Kier alpha value is -3.49. The zero-order valence-corrected chi connectivity index (χ0v) is 13.7. The van der Waals surface area contributed by atoms with E-state index < -0.39 is 5.91 Å². The van der Waals surface area contributed by atoms with E-state index in [0.717, 1.165) is 11.1 Å². The molecule has 9 heteroatoms. The van der Waals surface area contributed by atoms with Gasteiger partial charge in [-0.15, -0.1) is 10.2 Å². The molecule has 0 unspecified atom stereocenters. The lowest BCUT2D eigenvalue weighted by atomic mass is 10.0. The Morgan fingerprint density at radius 1 is 1.16 bits per heavy atom. The molecule has 128 valence electrons. The number of anilines is 1. The molecule has 3 rings (SSSR count). The van der Waals surface area contributed by atoms with Gasteiger partial charge in [0.05, 0.1) is 25.4 Å². The highest BCUT2D eigenvalue weighted by Gasteiger charge is 2.16. The first-order valence-electron chi connectivity index (χ1n) is 7.32. The highest BCUT2D eigenvalue weighted by molar-refractivity contribution is 6.04. The van der Waals surface area contributed by atoms with Crippen molar-refractivity contribution in [3.63, 3.8) is 0 Å². The Labute approximate surface area is 143 Å². The second-order valence-electron chi connectivity index (χ2n) is 5.21. The molecule has 0 aliphatic carbocycles. The predicted molar refractivity (Wildman–Crippen MR) is 90.4 cm³/mol. The number of rotatable bonds is 5. The smallest absolute Gasteiger partial charge is 0.319 e. The molecule has 0 atom stereocenters. The number of ether oxygens (including phenoxy) is 2. The molecular weight excluding hydrogens is 324 g/mol. The molecule has 0 spiro atoms. The molecule has 0 saturated heterocycles. The Balaban J connectivity index is 2.08. The zero-order chi connectivity index (χ0) is 18.0. The van der Waals surface area contributed by atoms with E-state index in [1.807, 2.05) is 12.1 Å². The Kier molecular flexibility index (Phi) is 4.29. The number of amides is 1. The van der Waals surface area contributed by atoms with Gasteiger partial charge in [0.25, 0.3) is 5.91 Å². The number of methoxy groups -OCH3 is 2. The van der Waals surface area contributed by atoms with E-state index in [1.54, 1.807) is 12.3 Å². The fourth-order valence-electron chi connectivity index (χ4n) is 2.51. The standard InChI is InChI=1S/C16H16N6O3/c1-24-15-9(7-19-16(20-15)25-2)6-8-4-3-5-10-11(17)13(14(18)23)22-21-12(8)10/h3-5,7H,6H2,1-2H3,(H2,17,21)(H2,18,23). The molecule has 1 amide bonds. The van der Waals surface area contributed by atoms with Crippen molar-refractivity contribution >= 4 is 22.5 Å². The molecule has 3 aromatic rings. The summed E-state index contributed by atoms with van der Waals surface area (Å²) in [5.41, 5.74) is 13.6. The summed E-state index contributed by atoms with van der Waals surface area (Å²) in [5.74, 6) is -0.318. The van der Waals surface area contributed by atoms with Crippen LogP contribution < -0.4 is 20.9 Å². The number of nitrogens with zero attached hydrogens (tertiary/aromatic N) is 4. The van der Waals surface area contributed by atoms with Crippen molar-refractivity contribution in [1.29, 1.82) is 0 Å². The number of primary amides is 1. The van der Waals surface area contributed by atoms with Crippen LogP contribution in [0.5, 0.6) is 11.9 Å². The number of hydrogen-bond donors (Lipinski definition) is 2. The summed E-state index contributed by atoms with van der Waals surface area (Å²) >= 11 is 0.